The lowest BCUT2D eigenvalue weighted by atomic mass is 10.1. The first-order chi connectivity index (χ1) is 12.0. The molecule has 3 aromatic rings. The van der Waals surface area contributed by atoms with E-state index in [4.69, 9.17) is 0 Å². The first kappa shape index (κ1) is 16.6. The summed E-state index contributed by atoms with van der Waals surface area (Å²) in [5.74, 6) is -0.205. The highest BCUT2D eigenvalue weighted by Crippen LogP contribution is 2.16. The summed E-state index contributed by atoms with van der Waals surface area (Å²) in [4.78, 5) is 25.5. The first-order valence-corrected chi connectivity index (χ1v) is 7.91. The van der Waals surface area contributed by atoms with Gasteiger partial charge in [-0.2, -0.15) is 0 Å². The summed E-state index contributed by atoms with van der Waals surface area (Å²) in [7, 11) is 1.71. The number of benzene rings is 1. The van der Waals surface area contributed by atoms with Crippen molar-refractivity contribution in [3.63, 3.8) is 0 Å². The summed E-state index contributed by atoms with van der Waals surface area (Å²) >= 11 is 0. The molecule has 2 heterocycles. The molecule has 0 saturated carbocycles. The monoisotopic (exact) mass is 337 g/mol. The van der Waals surface area contributed by atoms with Crippen molar-refractivity contribution >= 4 is 11.9 Å². The van der Waals surface area contributed by atoms with Crippen LogP contribution in [0, 0.1) is 6.92 Å². The molecular formula is C18H19N5O2. The van der Waals surface area contributed by atoms with Gasteiger partial charge in [0.2, 0.25) is 5.95 Å². The summed E-state index contributed by atoms with van der Waals surface area (Å²) in [6, 6.07) is 11.3. The van der Waals surface area contributed by atoms with E-state index in [9.17, 15) is 9.59 Å². The molecule has 0 aliphatic rings. The molecule has 3 rings (SSSR count). The quantitative estimate of drug-likeness (QED) is 0.791. The predicted molar refractivity (Wildman–Crippen MR) is 94.7 cm³/mol. The smallest absolute Gasteiger partial charge is 0.264 e. The highest BCUT2D eigenvalue weighted by Gasteiger charge is 2.20. The molecule has 25 heavy (non-hydrogen) atoms. The van der Waals surface area contributed by atoms with E-state index in [1.807, 2.05) is 37.3 Å². The van der Waals surface area contributed by atoms with Gasteiger partial charge >= 0.3 is 0 Å². The van der Waals surface area contributed by atoms with Crippen LogP contribution in [-0.4, -0.2) is 25.2 Å². The molecule has 0 bridgehead atoms. The second-order valence-electron chi connectivity index (χ2n) is 5.89. The number of aryl methyl sites for hydroxylation is 2. The molecule has 0 aliphatic heterocycles. The van der Waals surface area contributed by atoms with E-state index in [2.05, 4.69) is 15.5 Å². The Balaban J connectivity index is 1.99. The second-order valence-corrected chi connectivity index (χ2v) is 5.89. The minimum atomic E-state index is -0.492. The van der Waals surface area contributed by atoms with Gasteiger partial charge in [0.15, 0.2) is 0 Å². The number of hydrogen-bond donors (Lipinski definition) is 1. The molecule has 0 radical (unpaired) electrons. The van der Waals surface area contributed by atoms with Gasteiger partial charge in [-0.15, -0.1) is 10.2 Å². The summed E-state index contributed by atoms with van der Waals surface area (Å²) in [5, 5.41) is 10.2. The van der Waals surface area contributed by atoms with Gasteiger partial charge in [0.1, 0.15) is 11.9 Å². The number of pyridine rings is 1. The molecule has 1 N–H and O–H groups in total. The van der Waals surface area contributed by atoms with Gasteiger partial charge in [-0.05, 0) is 31.0 Å². The third kappa shape index (κ3) is 3.21. The molecule has 1 unspecified atom stereocenters. The molecule has 1 aromatic carbocycles. The number of carbonyl (C=O) groups excluding carboxylic acids is 1. The Kier molecular flexibility index (Phi) is 4.47. The van der Waals surface area contributed by atoms with Gasteiger partial charge in [-0.25, -0.2) is 0 Å². The van der Waals surface area contributed by atoms with Crippen molar-refractivity contribution in [2.45, 2.75) is 19.9 Å². The summed E-state index contributed by atoms with van der Waals surface area (Å²) in [6.07, 6.45) is 3.19. The van der Waals surface area contributed by atoms with Gasteiger partial charge in [0, 0.05) is 13.2 Å². The lowest BCUT2D eigenvalue weighted by molar-refractivity contribution is 0.102. The van der Waals surface area contributed by atoms with E-state index < -0.39 is 5.91 Å². The highest BCUT2D eigenvalue weighted by atomic mass is 16.2. The van der Waals surface area contributed by atoms with Crippen LogP contribution in [0.25, 0.3) is 0 Å². The third-order valence-electron chi connectivity index (χ3n) is 4.19. The van der Waals surface area contributed by atoms with Crippen molar-refractivity contribution in [2.24, 2.45) is 7.05 Å². The molecule has 0 aliphatic carbocycles. The number of nitrogens with zero attached hydrogens (tertiary/aromatic N) is 4. The molecule has 0 spiro atoms. The molecule has 1 atom stereocenters. The van der Waals surface area contributed by atoms with Gasteiger partial charge in [0.25, 0.3) is 11.5 Å². The van der Waals surface area contributed by atoms with Crippen LogP contribution in [0.5, 0.6) is 0 Å². The van der Waals surface area contributed by atoms with Crippen LogP contribution in [0.3, 0.4) is 0 Å². The number of rotatable bonds is 4. The Labute approximate surface area is 144 Å². The Morgan fingerprint density at radius 3 is 2.56 bits per heavy atom. The molecule has 7 heteroatoms. The van der Waals surface area contributed by atoms with Gasteiger partial charge in [-0.1, -0.05) is 30.3 Å². The number of anilines is 1. The fourth-order valence-electron chi connectivity index (χ4n) is 2.67. The van der Waals surface area contributed by atoms with E-state index in [1.54, 1.807) is 35.4 Å². The first-order valence-electron chi connectivity index (χ1n) is 7.91. The zero-order valence-corrected chi connectivity index (χ0v) is 14.3. The van der Waals surface area contributed by atoms with Crippen LogP contribution in [0.1, 0.15) is 34.5 Å². The fourth-order valence-corrected chi connectivity index (χ4v) is 2.67. The summed E-state index contributed by atoms with van der Waals surface area (Å²) in [5.41, 5.74) is 1.37. The Morgan fingerprint density at radius 1 is 1.20 bits per heavy atom. The maximum absolute atomic E-state index is 12.9. The average Bonchev–Trinajstić information content (AvgIpc) is 3.00. The molecule has 2 aromatic heterocycles. The van der Waals surface area contributed by atoms with Crippen molar-refractivity contribution in [2.75, 3.05) is 5.32 Å². The van der Waals surface area contributed by atoms with Gasteiger partial charge in [-0.3, -0.25) is 14.9 Å². The molecule has 0 saturated heterocycles. The van der Waals surface area contributed by atoms with Crippen LogP contribution in [0.2, 0.25) is 0 Å². The zero-order chi connectivity index (χ0) is 18.0. The second kappa shape index (κ2) is 6.72. The van der Waals surface area contributed by atoms with Crippen molar-refractivity contribution in [3.05, 3.63) is 76.0 Å². The van der Waals surface area contributed by atoms with E-state index in [-0.39, 0.29) is 23.1 Å². The van der Waals surface area contributed by atoms with Crippen LogP contribution in [0.4, 0.5) is 5.95 Å². The van der Waals surface area contributed by atoms with E-state index in [1.165, 1.54) is 6.33 Å². The van der Waals surface area contributed by atoms with E-state index in [0.29, 0.717) is 5.56 Å². The fraction of sp³-hybridized carbons (Fsp3) is 0.222. The van der Waals surface area contributed by atoms with Crippen molar-refractivity contribution in [1.82, 2.24) is 19.3 Å². The molecule has 0 fully saturated rings. The normalized spacial score (nSPS) is 12.0. The molecule has 128 valence electrons. The van der Waals surface area contributed by atoms with Crippen molar-refractivity contribution < 1.29 is 4.79 Å². The number of aromatic nitrogens is 4. The molecule has 7 nitrogen and oxygen atoms in total. The van der Waals surface area contributed by atoms with Crippen LogP contribution in [0.15, 0.2) is 53.7 Å². The average molecular weight is 337 g/mol. The van der Waals surface area contributed by atoms with E-state index >= 15 is 0 Å². The van der Waals surface area contributed by atoms with Crippen molar-refractivity contribution in [1.29, 1.82) is 0 Å². The Hall–Kier alpha value is -3.22. The van der Waals surface area contributed by atoms with Crippen LogP contribution < -0.4 is 10.9 Å². The number of nitrogens with one attached hydrogen (secondary N) is 1. The Bertz CT molecular complexity index is 959. The van der Waals surface area contributed by atoms with E-state index in [0.717, 1.165) is 5.56 Å². The number of carbonyl (C=O) groups is 1. The van der Waals surface area contributed by atoms with Gasteiger partial charge < -0.3 is 9.13 Å². The minimum absolute atomic E-state index is 0.105. The predicted octanol–water partition coefficient (Wildman–Crippen LogP) is 2.15. The number of amides is 1. The van der Waals surface area contributed by atoms with Crippen LogP contribution in [-0.2, 0) is 7.05 Å². The summed E-state index contributed by atoms with van der Waals surface area (Å²) < 4.78 is 3.13. The standard InChI is InChI=1S/C18H19N5O2/c1-12-9-10-23(13(2)14-7-5-4-6-8-14)17(25)15(12)16(24)20-18-21-19-11-22(18)3/h4-11,13H,1-3H3,(H,20,21,24). The number of hydrogen-bond acceptors (Lipinski definition) is 4. The van der Waals surface area contributed by atoms with Gasteiger partial charge in [0.05, 0.1) is 6.04 Å². The maximum atomic E-state index is 12.9. The van der Waals surface area contributed by atoms with Crippen LogP contribution >= 0.6 is 0 Å². The minimum Gasteiger partial charge on any atom is -0.308 e. The largest absolute Gasteiger partial charge is 0.308 e. The lowest BCUT2D eigenvalue weighted by Crippen LogP contribution is -2.32. The zero-order valence-electron chi connectivity index (χ0n) is 14.3. The molecule has 1 amide bonds. The summed E-state index contributed by atoms with van der Waals surface area (Å²) in [6.45, 7) is 3.67. The molecular weight excluding hydrogens is 318 g/mol. The third-order valence-corrected chi connectivity index (χ3v) is 4.19. The SMILES string of the molecule is Cc1ccn(C(C)c2ccccc2)c(=O)c1C(=O)Nc1nncn1C. The lowest BCUT2D eigenvalue weighted by Gasteiger charge is -2.17. The maximum Gasteiger partial charge on any atom is 0.264 e. The topological polar surface area (TPSA) is 81.8 Å². The van der Waals surface area contributed by atoms with Crippen molar-refractivity contribution in [3.8, 4) is 0 Å². The Morgan fingerprint density at radius 2 is 1.92 bits per heavy atom. The highest BCUT2D eigenvalue weighted by molar-refractivity contribution is 6.04.